The molecule has 4 nitrogen and oxygen atoms in total. The van der Waals surface area contributed by atoms with Gasteiger partial charge in [0.1, 0.15) is 6.61 Å². The molecule has 1 amide bonds. The maximum Gasteiger partial charge on any atom is 0.407 e. The standard InChI is InChI=1S/C12H18N2O2/c1-10(13)7-8-14-12(15)16-9-11-5-3-2-4-6-11/h2-6,10H,7-9,13H2,1H3,(H,14,15)/t10-/m0/s1. The van der Waals surface area contributed by atoms with Crippen LogP contribution in [0.2, 0.25) is 0 Å². The molecule has 0 aliphatic heterocycles. The van der Waals surface area contributed by atoms with Crippen molar-refractivity contribution < 1.29 is 9.53 Å². The molecule has 1 aromatic rings. The maximum absolute atomic E-state index is 11.2. The Morgan fingerprint density at radius 2 is 2.12 bits per heavy atom. The number of amides is 1. The second kappa shape index (κ2) is 6.85. The van der Waals surface area contributed by atoms with E-state index in [1.807, 2.05) is 37.3 Å². The molecule has 0 radical (unpaired) electrons. The van der Waals surface area contributed by atoms with E-state index in [2.05, 4.69) is 5.32 Å². The maximum atomic E-state index is 11.2. The summed E-state index contributed by atoms with van der Waals surface area (Å²) in [5.74, 6) is 0. The Labute approximate surface area is 95.8 Å². The highest BCUT2D eigenvalue weighted by Gasteiger charge is 2.02. The van der Waals surface area contributed by atoms with Gasteiger partial charge < -0.3 is 15.8 Å². The van der Waals surface area contributed by atoms with Crippen LogP contribution in [0.3, 0.4) is 0 Å². The van der Waals surface area contributed by atoms with Crippen LogP contribution in [0, 0.1) is 0 Å². The van der Waals surface area contributed by atoms with Gasteiger partial charge in [0.05, 0.1) is 0 Å². The van der Waals surface area contributed by atoms with Gasteiger partial charge in [0.2, 0.25) is 0 Å². The molecule has 0 fully saturated rings. The zero-order valence-corrected chi connectivity index (χ0v) is 9.48. The molecule has 0 bridgehead atoms. The molecule has 3 N–H and O–H groups in total. The predicted molar refractivity (Wildman–Crippen MR) is 62.9 cm³/mol. The van der Waals surface area contributed by atoms with Crippen molar-refractivity contribution in [3.63, 3.8) is 0 Å². The van der Waals surface area contributed by atoms with Gasteiger partial charge in [-0.25, -0.2) is 4.79 Å². The summed E-state index contributed by atoms with van der Waals surface area (Å²) >= 11 is 0. The molecule has 0 aromatic heterocycles. The molecular weight excluding hydrogens is 204 g/mol. The molecule has 1 atom stereocenters. The van der Waals surface area contributed by atoms with E-state index in [0.29, 0.717) is 13.2 Å². The molecule has 0 heterocycles. The van der Waals surface area contributed by atoms with E-state index in [0.717, 1.165) is 12.0 Å². The largest absolute Gasteiger partial charge is 0.445 e. The van der Waals surface area contributed by atoms with Crippen LogP contribution in [0.25, 0.3) is 0 Å². The summed E-state index contributed by atoms with van der Waals surface area (Å²) in [6.45, 7) is 2.74. The van der Waals surface area contributed by atoms with Crippen molar-refractivity contribution in [3.8, 4) is 0 Å². The van der Waals surface area contributed by atoms with E-state index in [1.54, 1.807) is 0 Å². The number of hydrogen-bond donors (Lipinski definition) is 2. The first kappa shape index (κ1) is 12.5. The Hall–Kier alpha value is -1.55. The first-order valence-corrected chi connectivity index (χ1v) is 5.38. The number of nitrogens with two attached hydrogens (primary N) is 1. The van der Waals surface area contributed by atoms with Crippen LogP contribution < -0.4 is 11.1 Å². The molecule has 1 rings (SSSR count). The Balaban J connectivity index is 2.16. The van der Waals surface area contributed by atoms with Gasteiger partial charge in [0.15, 0.2) is 0 Å². The summed E-state index contributed by atoms with van der Waals surface area (Å²) in [5.41, 5.74) is 6.53. The first-order valence-electron chi connectivity index (χ1n) is 5.38. The summed E-state index contributed by atoms with van der Waals surface area (Å²) in [5, 5.41) is 2.64. The zero-order chi connectivity index (χ0) is 11.8. The van der Waals surface area contributed by atoms with E-state index in [9.17, 15) is 4.79 Å². The van der Waals surface area contributed by atoms with E-state index in [4.69, 9.17) is 10.5 Å². The van der Waals surface area contributed by atoms with Crippen LogP contribution in [-0.4, -0.2) is 18.7 Å². The van der Waals surface area contributed by atoms with Crippen LogP contribution >= 0.6 is 0 Å². The molecule has 0 aliphatic carbocycles. The van der Waals surface area contributed by atoms with Crippen LogP contribution in [0.5, 0.6) is 0 Å². The van der Waals surface area contributed by atoms with Crippen molar-refractivity contribution >= 4 is 6.09 Å². The normalized spacial score (nSPS) is 11.9. The molecule has 0 spiro atoms. The molecular formula is C12H18N2O2. The fraction of sp³-hybridized carbons (Fsp3) is 0.417. The van der Waals surface area contributed by atoms with E-state index in [-0.39, 0.29) is 6.04 Å². The van der Waals surface area contributed by atoms with E-state index in [1.165, 1.54) is 0 Å². The molecule has 88 valence electrons. The topological polar surface area (TPSA) is 64.3 Å². The van der Waals surface area contributed by atoms with Crippen LogP contribution in [0.1, 0.15) is 18.9 Å². The number of carbonyl (C=O) groups excluding carboxylic acids is 1. The summed E-state index contributed by atoms with van der Waals surface area (Å²) < 4.78 is 5.02. The van der Waals surface area contributed by atoms with Gasteiger partial charge in [-0.1, -0.05) is 30.3 Å². The van der Waals surface area contributed by atoms with Gasteiger partial charge >= 0.3 is 6.09 Å². The van der Waals surface area contributed by atoms with Crippen LogP contribution in [0.15, 0.2) is 30.3 Å². The van der Waals surface area contributed by atoms with E-state index >= 15 is 0 Å². The second-order valence-electron chi connectivity index (χ2n) is 3.75. The van der Waals surface area contributed by atoms with Gasteiger partial charge in [0, 0.05) is 12.6 Å². The van der Waals surface area contributed by atoms with Gasteiger partial charge in [-0.05, 0) is 18.9 Å². The molecule has 0 saturated heterocycles. The summed E-state index contributed by atoms with van der Waals surface area (Å²) in [6, 6.07) is 9.66. The molecule has 0 unspecified atom stereocenters. The number of rotatable bonds is 5. The fourth-order valence-corrected chi connectivity index (χ4v) is 1.18. The SMILES string of the molecule is C[C@H](N)CCNC(=O)OCc1ccccc1. The minimum atomic E-state index is -0.399. The molecule has 16 heavy (non-hydrogen) atoms. The van der Waals surface area contributed by atoms with Gasteiger partial charge in [0.25, 0.3) is 0 Å². The Bertz CT molecular complexity index is 312. The van der Waals surface area contributed by atoms with Gasteiger partial charge in [-0.2, -0.15) is 0 Å². The van der Waals surface area contributed by atoms with Crippen LogP contribution in [0.4, 0.5) is 4.79 Å². The number of carbonyl (C=O) groups is 1. The molecule has 0 aliphatic rings. The lowest BCUT2D eigenvalue weighted by atomic mass is 10.2. The van der Waals surface area contributed by atoms with Crippen LogP contribution in [-0.2, 0) is 11.3 Å². The zero-order valence-electron chi connectivity index (χ0n) is 9.48. The van der Waals surface area contributed by atoms with Gasteiger partial charge in [-0.15, -0.1) is 0 Å². The minimum absolute atomic E-state index is 0.0921. The molecule has 0 saturated carbocycles. The van der Waals surface area contributed by atoms with Crippen molar-refractivity contribution in [2.75, 3.05) is 6.54 Å². The summed E-state index contributed by atoms with van der Waals surface area (Å²) in [6.07, 6.45) is 0.352. The third-order valence-electron chi connectivity index (χ3n) is 2.08. The summed E-state index contributed by atoms with van der Waals surface area (Å²) in [7, 11) is 0. The number of ether oxygens (including phenoxy) is 1. The second-order valence-corrected chi connectivity index (χ2v) is 3.75. The average molecular weight is 222 g/mol. The average Bonchev–Trinajstić information content (AvgIpc) is 2.27. The highest BCUT2D eigenvalue weighted by molar-refractivity contribution is 5.67. The lowest BCUT2D eigenvalue weighted by Gasteiger charge is -2.08. The third-order valence-corrected chi connectivity index (χ3v) is 2.08. The lowest BCUT2D eigenvalue weighted by Crippen LogP contribution is -2.29. The molecule has 4 heteroatoms. The molecule has 1 aromatic carbocycles. The monoisotopic (exact) mass is 222 g/mol. The summed E-state index contributed by atoms with van der Waals surface area (Å²) in [4.78, 5) is 11.2. The highest BCUT2D eigenvalue weighted by atomic mass is 16.5. The minimum Gasteiger partial charge on any atom is -0.445 e. The Kier molecular flexibility index (Phi) is 5.36. The smallest absolute Gasteiger partial charge is 0.407 e. The number of benzene rings is 1. The van der Waals surface area contributed by atoms with Crippen molar-refractivity contribution in [3.05, 3.63) is 35.9 Å². The van der Waals surface area contributed by atoms with Crippen molar-refractivity contribution in [2.45, 2.75) is 26.0 Å². The Morgan fingerprint density at radius 3 is 2.75 bits per heavy atom. The number of nitrogens with one attached hydrogen (secondary N) is 1. The third kappa shape index (κ3) is 5.36. The number of hydrogen-bond acceptors (Lipinski definition) is 3. The Morgan fingerprint density at radius 1 is 1.44 bits per heavy atom. The quantitative estimate of drug-likeness (QED) is 0.796. The van der Waals surface area contributed by atoms with Crippen molar-refractivity contribution in [1.29, 1.82) is 0 Å². The van der Waals surface area contributed by atoms with Crippen molar-refractivity contribution in [2.24, 2.45) is 5.73 Å². The fourth-order valence-electron chi connectivity index (χ4n) is 1.18. The lowest BCUT2D eigenvalue weighted by molar-refractivity contribution is 0.139. The number of alkyl carbamates (subject to hydrolysis) is 1. The first-order chi connectivity index (χ1) is 7.68. The van der Waals surface area contributed by atoms with E-state index < -0.39 is 6.09 Å². The van der Waals surface area contributed by atoms with Gasteiger partial charge in [-0.3, -0.25) is 0 Å². The highest BCUT2D eigenvalue weighted by Crippen LogP contribution is 2.00. The predicted octanol–water partition coefficient (Wildman–Crippen LogP) is 1.65. The van der Waals surface area contributed by atoms with Crippen molar-refractivity contribution in [1.82, 2.24) is 5.32 Å².